The van der Waals surface area contributed by atoms with Gasteiger partial charge in [0, 0.05) is 23.8 Å². The van der Waals surface area contributed by atoms with Crippen molar-refractivity contribution >= 4 is 10.8 Å². The van der Waals surface area contributed by atoms with Crippen LogP contribution in [0.5, 0.6) is 0 Å². The summed E-state index contributed by atoms with van der Waals surface area (Å²) in [4.78, 5) is 4.28. The van der Waals surface area contributed by atoms with Gasteiger partial charge in [-0.05, 0) is 35.9 Å². The van der Waals surface area contributed by atoms with Crippen molar-refractivity contribution in [3.05, 3.63) is 42.2 Å². The van der Waals surface area contributed by atoms with Crippen LogP contribution >= 0.6 is 0 Å². The molecule has 2 nitrogen and oxygen atoms in total. The molecule has 1 unspecified atom stereocenters. The standard InChI is InChI=1S/C16H20N2/c1-2-18-16(10-12-6-7-12)14-5-3-4-13-8-9-17-11-15(13)14/h3-5,8-9,11-12,16,18H,2,6-7,10H2,1H3. The Hall–Kier alpha value is -1.41. The first-order chi connectivity index (χ1) is 8.88. The average molecular weight is 240 g/mol. The van der Waals surface area contributed by atoms with Crippen LogP contribution in [0, 0.1) is 5.92 Å². The Morgan fingerprint density at radius 3 is 3.00 bits per heavy atom. The van der Waals surface area contributed by atoms with E-state index in [0.717, 1.165) is 12.5 Å². The molecule has 1 N–H and O–H groups in total. The van der Waals surface area contributed by atoms with Crippen LogP contribution in [0.1, 0.15) is 37.8 Å². The van der Waals surface area contributed by atoms with E-state index in [1.807, 2.05) is 12.4 Å². The van der Waals surface area contributed by atoms with Crippen LogP contribution in [0.25, 0.3) is 10.8 Å². The Balaban J connectivity index is 1.98. The van der Waals surface area contributed by atoms with E-state index in [1.54, 1.807) is 0 Å². The molecule has 3 rings (SSSR count). The first-order valence-corrected chi connectivity index (χ1v) is 6.94. The van der Waals surface area contributed by atoms with Crippen molar-refractivity contribution < 1.29 is 0 Å². The highest BCUT2D eigenvalue weighted by molar-refractivity contribution is 5.85. The Morgan fingerprint density at radius 2 is 2.22 bits per heavy atom. The highest BCUT2D eigenvalue weighted by Crippen LogP contribution is 2.38. The number of pyridine rings is 1. The molecule has 1 aliphatic carbocycles. The largest absolute Gasteiger partial charge is 0.310 e. The Morgan fingerprint density at radius 1 is 1.33 bits per heavy atom. The summed E-state index contributed by atoms with van der Waals surface area (Å²) in [5, 5.41) is 6.23. The third-order valence-electron chi connectivity index (χ3n) is 3.81. The van der Waals surface area contributed by atoms with E-state index in [4.69, 9.17) is 0 Å². The zero-order valence-corrected chi connectivity index (χ0v) is 10.9. The summed E-state index contributed by atoms with van der Waals surface area (Å²) in [5.74, 6) is 0.931. The molecule has 1 aliphatic rings. The van der Waals surface area contributed by atoms with Gasteiger partial charge in [-0.25, -0.2) is 0 Å². The summed E-state index contributed by atoms with van der Waals surface area (Å²) < 4.78 is 0. The van der Waals surface area contributed by atoms with E-state index in [1.165, 1.54) is 35.6 Å². The number of fused-ring (bicyclic) bond motifs is 1. The number of nitrogens with zero attached hydrogens (tertiary/aromatic N) is 1. The number of hydrogen-bond acceptors (Lipinski definition) is 2. The lowest BCUT2D eigenvalue weighted by molar-refractivity contribution is 0.489. The SMILES string of the molecule is CCNC(CC1CC1)c1cccc2ccncc12. The predicted molar refractivity (Wildman–Crippen MR) is 75.5 cm³/mol. The molecule has 0 radical (unpaired) electrons. The van der Waals surface area contributed by atoms with Gasteiger partial charge in [0.25, 0.3) is 0 Å². The number of nitrogens with one attached hydrogen (secondary N) is 1. The Labute approximate surface area is 108 Å². The number of aromatic nitrogens is 1. The Kier molecular flexibility index (Phi) is 3.28. The predicted octanol–water partition coefficient (Wildman–Crippen LogP) is 3.69. The van der Waals surface area contributed by atoms with Gasteiger partial charge in [-0.15, -0.1) is 0 Å². The van der Waals surface area contributed by atoms with Gasteiger partial charge in [-0.3, -0.25) is 4.98 Å². The molecule has 0 saturated heterocycles. The highest BCUT2D eigenvalue weighted by Gasteiger charge is 2.26. The monoisotopic (exact) mass is 240 g/mol. The zero-order chi connectivity index (χ0) is 12.4. The third-order valence-corrected chi connectivity index (χ3v) is 3.81. The van der Waals surface area contributed by atoms with Crippen molar-refractivity contribution in [3.63, 3.8) is 0 Å². The third kappa shape index (κ3) is 2.39. The molecule has 1 atom stereocenters. The van der Waals surface area contributed by atoms with Gasteiger partial charge in [-0.1, -0.05) is 38.0 Å². The minimum atomic E-state index is 0.482. The normalized spacial score (nSPS) is 16.9. The molecular formula is C16H20N2. The van der Waals surface area contributed by atoms with Crippen molar-refractivity contribution in [2.75, 3.05) is 6.54 Å². The van der Waals surface area contributed by atoms with Gasteiger partial charge in [0.1, 0.15) is 0 Å². The minimum Gasteiger partial charge on any atom is -0.310 e. The number of benzene rings is 1. The van der Waals surface area contributed by atoms with Gasteiger partial charge in [0.2, 0.25) is 0 Å². The molecule has 1 aromatic carbocycles. The van der Waals surface area contributed by atoms with Crippen LogP contribution < -0.4 is 5.32 Å². The van der Waals surface area contributed by atoms with Gasteiger partial charge in [-0.2, -0.15) is 0 Å². The second-order valence-corrected chi connectivity index (χ2v) is 5.23. The lowest BCUT2D eigenvalue weighted by Gasteiger charge is -2.20. The fourth-order valence-electron chi connectivity index (χ4n) is 2.69. The quantitative estimate of drug-likeness (QED) is 0.862. The molecule has 0 amide bonds. The van der Waals surface area contributed by atoms with E-state index in [-0.39, 0.29) is 0 Å². The summed E-state index contributed by atoms with van der Waals surface area (Å²) in [6, 6.07) is 9.16. The van der Waals surface area contributed by atoms with Crippen LogP contribution in [0.3, 0.4) is 0 Å². The van der Waals surface area contributed by atoms with Crippen LogP contribution in [-0.4, -0.2) is 11.5 Å². The van der Waals surface area contributed by atoms with Gasteiger partial charge in [0.05, 0.1) is 0 Å². The molecule has 0 aliphatic heterocycles. The van der Waals surface area contributed by atoms with E-state index < -0.39 is 0 Å². The lowest BCUT2D eigenvalue weighted by atomic mass is 9.96. The van der Waals surface area contributed by atoms with E-state index >= 15 is 0 Å². The van der Waals surface area contributed by atoms with Crippen LogP contribution in [0.15, 0.2) is 36.7 Å². The van der Waals surface area contributed by atoms with E-state index in [2.05, 4.69) is 41.5 Å². The van der Waals surface area contributed by atoms with Crippen molar-refractivity contribution in [2.45, 2.75) is 32.2 Å². The molecule has 0 bridgehead atoms. The number of rotatable bonds is 5. The smallest absolute Gasteiger partial charge is 0.0349 e. The molecule has 1 aromatic heterocycles. The van der Waals surface area contributed by atoms with Crippen LogP contribution in [-0.2, 0) is 0 Å². The second kappa shape index (κ2) is 5.07. The van der Waals surface area contributed by atoms with Crippen LogP contribution in [0.4, 0.5) is 0 Å². The van der Waals surface area contributed by atoms with Crippen molar-refractivity contribution in [3.8, 4) is 0 Å². The Bertz CT molecular complexity index is 526. The summed E-state index contributed by atoms with van der Waals surface area (Å²) in [5.41, 5.74) is 1.41. The highest BCUT2D eigenvalue weighted by atomic mass is 14.9. The van der Waals surface area contributed by atoms with Crippen molar-refractivity contribution in [2.24, 2.45) is 5.92 Å². The molecule has 2 aromatic rings. The van der Waals surface area contributed by atoms with Gasteiger partial charge >= 0.3 is 0 Å². The minimum absolute atomic E-state index is 0.482. The summed E-state index contributed by atoms with van der Waals surface area (Å²) >= 11 is 0. The molecule has 1 fully saturated rings. The number of hydrogen-bond donors (Lipinski definition) is 1. The average Bonchev–Trinajstić information content (AvgIpc) is 3.22. The molecule has 1 saturated carbocycles. The molecule has 1 heterocycles. The fraction of sp³-hybridized carbons (Fsp3) is 0.438. The van der Waals surface area contributed by atoms with Gasteiger partial charge < -0.3 is 5.32 Å². The van der Waals surface area contributed by atoms with Crippen molar-refractivity contribution in [1.82, 2.24) is 10.3 Å². The molecule has 2 heteroatoms. The van der Waals surface area contributed by atoms with E-state index in [9.17, 15) is 0 Å². The topological polar surface area (TPSA) is 24.9 Å². The lowest BCUT2D eigenvalue weighted by Crippen LogP contribution is -2.21. The molecule has 0 spiro atoms. The summed E-state index contributed by atoms with van der Waals surface area (Å²) in [6.07, 6.45) is 7.95. The molecule has 94 valence electrons. The molecule has 18 heavy (non-hydrogen) atoms. The first-order valence-electron chi connectivity index (χ1n) is 6.94. The first kappa shape index (κ1) is 11.7. The van der Waals surface area contributed by atoms with E-state index in [0.29, 0.717) is 6.04 Å². The zero-order valence-electron chi connectivity index (χ0n) is 10.9. The van der Waals surface area contributed by atoms with Gasteiger partial charge in [0.15, 0.2) is 0 Å². The molecular weight excluding hydrogens is 220 g/mol. The maximum Gasteiger partial charge on any atom is 0.0349 e. The maximum absolute atomic E-state index is 4.28. The summed E-state index contributed by atoms with van der Waals surface area (Å²) in [7, 11) is 0. The van der Waals surface area contributed by atoms with Crippen LogP contribution in [0.2, 0.25) is 0 Å². The maximum atomic E-state index is 4.28. The van der Waals surface area contributed by atoms with Crippen molar-refractivity contribution in [1.29, 1.82) is 0 Å². The summed E-state index contributed by atoms with van der Waals surface area (Å²) in [6.45, 7) is 3.21. The fourth-order valence-corrected chi connectivity index (χ4v) is 2.69. The second-order valence-electron chi connectivity index (χ2n) is 5.23.